The van der Waals surface area contributed by atoms with Gasteiger partial charge in [-0.2, -0.15) is 0 Å². The van der Waals surface area contributed by atoms with Crippen molar-refractivity contribution in [2.24, 2.45) is 0 Å². The quantitative estimate of drug-likeness (QED) is 0.523. The normalized spacial score (nSPS) is 3.00. The molecule has 0 amide bonds. The summed E-state index contributed by atoms with van der Waals surface area (Å²) < 4.78 is 0. The fourth-order valence-corrected chi connectivity index (χ4v) is 0. The molecular formula is C4H11OY. The van der Waals surface area contributed by atoms with Gasteiger partial charge in [-0.05, 0) is 0 Å². The van der Waals surface area contributed by atoms with Crippen molar-refractivity contribution in [1.82, 2.24) is 0 Å². The van der Waals surface area contributed by atoms with Crippen molar-refractivity contribution in [2.45, 2.75) is 0 Å². The molecule has 0 fully saturated rings. The average molecular weight is 164 g/mol. The predicted octanol–water partition coefficient (Wildman–Crippen LogP) is 0.711. The summed E-state index contributed by atoms with van der Waals surface area (Å²) in [5.41, 5.74) is 0. The fraction of sp³-hybridized carbons (Fsp3) is 0.250. The summed E-state index contributed by atoms with van der Waals surface area (Å²) >= 11 is 0. The topological polar surface area (TPSA) is 20.2 Å². The summed E-state index contributed by atoms with van der Waals surface area (Å²) in [4.78, 5) is 0. The van der Waals surface area contributed by atoms with Gasteiger partial charge in [0, 0.05) is 0 Å². The molecule has 0 aromatic heterocycles. The fourth-order valence-electron chi connectivity index (χ4n) is 0. The van der Waals surface area contributed by atoms with E-state index >= 15 is 0 Å². The van der Waals surface area contributed by atoms with Crippen LogP contribution in [-0.4, -0.2) is 11.7 Å². The summed E-state index contributed by atoms with van der Waals surface area (Å²) in [5, 5.41) is 7.46. The molecule has 0 saturated carbocycles. The predicted molar refractivity (Wildman–Crippen MR) is 25.3 cm³/mol. The van der Waals surface area contributed by atoms with Crippen molar-refractivity contribution in [3.05, 3.63) is 21.8 Å². The summed E-state index contributed by atoms with van der Waals surface area (Å²) in [6.45, 7) is 3.04. The van der Waals surface area contributed by atoms with Gasteiger partial charge in [-0.15, -0.1) is 0 Å². The first-order valence-corrected chi connectivity index (χ1v) is 0.816. The van der Waals surface area contributed by atoms with Crippen LogP contribution in [-0.2, 0) is 32.7 Å². The van der Waals surface area contributed by atoms with Gasteiger partial charge in [-0.3, -0.25) is 0 Å². The smallest absolute Gasteiger partial charge is 0.428 e. The Bertz CT molecular complexity index is 7.51. The third-order valence-electron chi connectivity index (χ3n) is 0. The minimum Gasteiger partial charge on any atom is -0.428 e. The molecule has 0 heterocycles. The van der Waals surface area contributed by atoms with Crippen LogP contribution in [0.5, 0.6) is 0 Å². The van der Waals surface area contributed by atoms with Crippen LogP contribution in [0.25, 0.3) is 0 Å². The molecule has 2 heteroatoms. The molecule has 0 aromatic carbocycles. The Morgan fingerprint density at radius 3 is 1.33 bits per heavy atom. The van der Waals surface area contributed by atoms with E-state index in [1.54, 1.807) is 0 Å². The van der Waals surface area contributed by atoms with E-state index in [2.05, 4.69) is 6.92 Å². The number of aliphatic hydroxyl groups is 1. The molecule has 1 nitrogen and oxygen atoms in total. The van der Waals surface area contributed by atoms with Gasteiger partial charge in [0.1, 0.15) is 0 Å². The standard InChI is InChI=1S/C2H5O.2CH3.Y/c1-2-3;;;/h3H,1-2H2;2*1H3;/q3*-1;+3. The Labute approximate surface area is 66.0 Å². The zero-order valence-corrected chi connectivity index (χ0v) is 7.28. The van der Waals surface area contributed by atoms with Crippen molar-refractivity contribution in [1.29, 1.82) is 0 Å². The summed E-state index contributed by atoms with van der Waals surface area (Å²) in [6, 6.07) is 0. The molecule has 0 aliphatic carbocycles. The van der Waals surface area contributed by atoms with E-state index in [4.69, 9.17) is 5.11 Å². The van der Waals surface area contributed by atoms with Crippen LogP contribution in [0.15, 0.2) is 0 Å². The van der Waals surface area contributed by atoms with Gasteiger partial charge in [0.15, 0.2) is 0 Å². The molecule has 0 bridgehead atoms. The molecule has 1 N–H and O–H groups in total. The van der Waals surface area contributed by atoms with Gasteiger partial charge < -0.3 is 26.9 Å². The monoisotopic (exact) mass is 164 g/mol. The van der Waals surface area contributed by atoms with Gasteiger partial charge in [-0.1, -0.05) is 6.61 Å². The third kappa shape index (κ3) is 73.9. The van der Waals surface area contributed by atoms with Crippen molar-refractivity contribution in [3.63, 3.8) is 0 Å². The maximum atomic E-state index is 7.46. The van der Waals surface area contributed by atoms with E-state index in [9.17, 15) is 0 Å². The minimum atomic E-state index is 0. The second-order valence-corrected chi connectivity index (χ2v) is 0.224. The Hall–Kier alpha value is 1.06. The van der Waals surface area contributed by atoms with Crippen molar-refractivity contribution < 1.29 is 37.8 Å². The Morgan fingerprint density at radius 2 is 1.33 bits per heavy atom. The van der Waals surface area contributed by atoms with E-state index in [1.165, 1.54) is 0 Å². The molecule has 0 rings (SSSR count). The van der Waals surface area contributed by atoms with Gasteiger partial charge in [0.2, 0.25) is 0 Å². The summed E-state index contributed by atoms with van der Waals surface area (Å²) in [6.07, 6.45) is 0. The van der Waals surface area contributed by atoms with Gasteiger partial charge in [0.25, 0.3) is 0 Å². The summed E-state index contributed by atoms with van der Waals surface area (Å²) in [7, 11) is 0. The molecule has 0 spiro atoms. The SMILES string of the molecule is [CH2-]CO.[CH3-].[CH3-].[Y+3]. The zero-order valence-electron chi connectivity index (χ0n) is 4.44. The Kier molecular flexibility index (Phi) is 168. The van der Waals surface area contributed by atoms with Crippen molar-refractivity contribution in [3.8, 4) is 0 Å². The third-order valence-corrected chi connectivity index (χ3v) is 0. The average Bonchev–Trinajstić information content (AvgIpc) is 0.918. The second-order valence-electron chi connectivity index (χ2n) is 0.224. The van der Waals surface area contributed by atoms with Crippen LogP contribution in [0.3, 0.4) is 0 Å². The number of hydrogen-bond donors (Lipinski definition) is 1. The molecule has 36 valence electrons. The van der Waals surface area contributed by atoms with Crippen LogP contribution in [0, 0.1) is 21.8 Å². The second kappa shape index (κ2) is 36.5. The zero-order chi connectivity index (χ0) is 2.71. The van der Waals surface area contributed by atoms with E-state index < -0.39 is 0 Å². The molecule has 0 unspecified atom stereocenters. The Morgan fingerprint density at radius 1 is 1.33 bits per heavy atom. The first-order chi connectivity index (χ1) is 1.41. The maximum Gasteiger partial charge on any atom is 3.00 e. The molecule has 6 heavy (non-hydrogen) atoms. The first kappa shape index (κ1) is 27.7. The number of hydrogen-bond acceptors (Lipinski definition) is 1. The van der Waals surface area contributed by atoms with E-state index in [0.717, 1.165) is 0 Å². The molecule has 0 aliphatic heterocycles. The van der Waals surface area contributed by atoms with Crippen LogP contribution in [0.1, 0.15) is 0 Å². The molecule has 0 saturated heterocycles. The van der Waals surface area contributed by atoms with Gasteiger partial charge in [-0.25, -0.2) is 0 Å². The van der Waals surface area contributed by atoms with Crippen molar-refractivity contribution in [2.75, 3.05) is 6.61 Å². The van der Waals surface area contributed by atoms with Crippen molar-refractivity contribution >= 4 is 0 Å². The van der Waals surface area contributed by atoms with Gasteiger partial charge in [0.05, 0.1) is 0 Å². The largest absolute Gasteiger partial charge is 3.00 e. The van der Waals surface area contributed by atoms with E-state index in [0.29, 0.717) is 0 Å². The van der Waals surface area contributed by atoms with Crippen LogP contribution in [0.4, 0.5) is 0 Å². The minimum absolute atomic E-state index is 0. The van der Waals surface area contributed by atoms with Crippen LogP contribution >= 0.6 is 0 Å². The summed E-state index contributed by atoms with van der Waals surface area (Å²) in [5.74, 6) is 0. The van der Waals surface area contributed by atoms with Crippen LogP contribution < -0.4 is 0 Å². The number of aliphatic hydroxyl groups excluding tert-OH is 1. The molecular weight excluding hydrogens is 153 g/mol. The van der Waals surface area contributed by atoms with Gasteiger partial charge >= 0.3 is 32.7 Å². The van der Waals surface area contributed by atoms with E-state index in [-0.39, 0.29) is 54.2 Å². The molecule has 0 atom stereocenters. The Balaban J connectivity index is -0.00000000667. The van der Waals surface area contributed by atoms with E-state index in [1.807, 2.05) is 0 Å². The number of rotatable bonds is 0. The molecule has 0 aromatic rings. The first-order valence-electron chi connectivity index (χ1n) is 0.816. The molecule has 0 aliphatic rings. The molecule has 0 radical (unpaired) electrons. The van der Waals surface area contributed by atoms with Crippen LogP contribution in [0.2, 0.25) is 0 Å². The maximum absolute atomic E-state index is 7.46.